The van der Waals surface area contributed by atoms with Crippen molar-refractivity contribution in [1.82, 2.24) is 9.97 Å². The van der Waals surface area contributed by atoms with Crippen molar-refractivity contribution in [2.75, 3.05) is 0 Å². The Kier molecular flexibility index (Phi) is 11.8. The average Bonchev–Trinajstić information content (AvgIpc) is 3.66. The normalized spacial score (nSPS) is 16.9. The van der Waals surface area contributed by atoms with Gasteiger partial charge >= 0.3 is 0 Å². The van der Waals surface area contributed by atoms with Crippen LogP contribution in [0.2, 0.25) is 0 Å². The van der Waals surface area contributed by atoms with Gasteiger partial charge in [0.2, 0.25) is 5.88 Å². The van der Waals surface area contributed by atoms with E-state index in [1.807, 2.05) is 41.5 Å². The number of rotatable bonds is 8. The van der Waals surface area contributed by atoms with Gasteiger partial charge in [0.05, 0.1) is 0 Å². The van der Waals surface area contributed by atoms with Crippen molar-refractivity contribution in [3.8, 4) is 17.1 Å². The van der Waals surface area contributed by atoms with Crippen molar-refractivity contribution in [3.63, 3.8) is 0 Å². The Bertz CT molecular complexity index is 1870. The third kappa shape index (κ3) is 7.36. The second-order valence-corrected chi connectivity index (χ2v) is 15.8. The third-order valence-electron chi connectivity index (χ3n) is 11.0. The molecule has 0 bridgehead atoms. The van der Waals surface area contributed by atoms with Gasteiger partial charge in [0, 0.05) is 64.6 Å². The number of aromatic nitrogens is 2. The van der Waals surface area contributed by atoms with E-state index in [2.05, 4.69) is 86.6 Å². The molecule has 49 heavy (non-hydrogen) atoms. The molecule has 0 spiro atoms. The molecular weight excluding hydrogens is 805 g/mol. The van der Waals surface area contributed by atoms with Crippen LogP contribution >= 0.6 is 11.3 Å². The Balaban J connectivity index is 0.000000260. The molecule has 3 heterocycles. The molecule has 1 aliphatic carbocycles. The molecule has 0 saturated heterocycles. The summed E-state index contributed by atoms with van der Waals surface area (Å²) in [4.78, 5) is 22.7. The van der Waals surface area contributed by atoms with Crippen molar-refractivity contribution in [1.29, 1.82) is 0 Å². The van der Waals surface area contributed by atoms with Crippen LogP contribution in [0.4, 0.5) is 0 Å². The summed E-state index contributed by atoms with van der Waals surface area (Å²) >= 11 is 1.78. The molecular formula is C42H51IrN2O3S-. The first kappa shape index (κ1) is 38.7. The minimum atomic E-state index is -0.337. The Morgan fingerprint density at radius 2 is 1.63 bits per heavy atom. The molecule has 2 aliphatic rings. The molecule has 5 nitrogen and oxygen atoms in total. The van der Waals surface area contributed by atoms with Crippen molar-refractivity contribution in [2.45, 2.75) is 112 Å². The largest absolute Gasteiger partial charge is 0.512 e. The topological polar surface area (TPSA) is 72.3 Å². The number of carbonyl (C=O) groups excluding carboxylic acids is 1. The number of allylic oxidation sites excluding steroid dienone is 2. The number of benzene rings is 2. The number of hydrogen-bond acceptors (Lipinski definition) is 6. The van der Waals surface area contributed by atoms with Crippen LogP contribution in [-0.2, 0) is 30.3 Å². The van der Waals surface area contributed by atoms with Gasteiger partial charge in [-0.15, -0.1) is 40.5 Å². The summed E-state index contributed by atoms with van der Waals surface area (Å²) in [6.45, 7) is 21.0. The predicted octanol–water partition coefficient (Wildman–Crippen LogP) is 11.7. The second kappa shape index (κ2) is 15.0. The number of aliphatic hydroxyl groups is 1. The van der Waals surface area contributed by atoms with Gasteiger partial charge in [0.1, 0.15) is 18.2 Å². The molecule has 2 aromatic heterocycles. The van der Waals surface area contributed by atoms with E-state index in [9.17, 15) is 9.90 Å². The minimum Gasteiger partial charge on any atom is -0.512 e. The average molecular weight is 856 g/mol. The molecule has 0 fully saturated rings. The number of fused-ring (bicyclic) bond motifs is 6. The van der Waals surface area contributed by atoms with E-state index in [1.54, 1.807) is 17.7 Å². The molecule has 7 heteroatoms. The van der Waals surface area contributed by atoms with Crippen LogP contribution in [0.5, 0.6) is 5.88 Å². The molecule has 0 saturated carbocycles. The number of carbonyl (C=O) groups is 1. The van der Waals surface area contributed by atoms with E-state index in [-0.39, 0.29) is 59.9 Å². The Hall–Kier alpha value is -3.12. The number of aryl methyl sites for hydroxylation is 1. The van der Waals surface area contributed by atoms with Gasteiger partial charge in [-0.25, -0.2) is 4.98 Å². The smallest absolute Gasteiger partial charge is 0.213 e. The zero-order chi connectivity index (χ0) is 35.0. The van der Waals surface area contributed by atoms with Crippen molar-refractivity contribution in [3.05, 3.63) is 93.1 Å². The van der Waals surface area contributed by atoms with Gasteiger partial charge in [-0.1, -0.05) is 97.5 Å². The number of thiophene rings is 1. The van der Waals surface area contributed by atoms with Crippen LogP contribution in [0, 0.1) is 23.8 Å². The third-order valence-corrected chi connectivity index (χ3v) is 12.1. The van der Waals surface area contributed by atoms with E-state index in [4.69, 9.17) is 9.72 Å². The van der Waals surface area contributed by atoms with Crippen molar-refractivity contribution in [2.24, 2.45) is 10.8 Å². The number of ether oxygens (including phenoxy) is 1. The zero-order valence-electron chi connectivity index (χ0n) is 30.7. The van der Waals surface area contributed by atoms with Crippen LogP contribution in [-0.4, -0.2) is 20.9 Å². The van der Waals surface area contributed by atoms with Gasteiger partial charge < -0.3 is 9.84 Å². The molecule has 1 aliphatic heterocycles. The van der Waals surface area contributed by atoms with Crippen LogP contribution < -0.4 is 4.74 Å². The quantitative estimate of drug-likeness (QED) is 0.109. The van der Waals surface area contributed by atoms with Crippen LogP contribution in [0.25, 0.3) is 28.1 Å². The summed E-state index contributed by atoms with van der Waals surface area (Å²) in [5, 5.41) is 14.7. The number of nitrogens with zero attached hydrogens (tertiary/aromatic N) is 2. The van der Waals surface area contributed by atoms with Crippen molar-refractivity contribution < 1.29 is 34.7 Å². The number of ketones is 1. The second-order valence-electron chi connectivity index (χ2n) is 14.9. The fraction of sp³-hybridized carbons (Fsp3) is 0.452. The van der Waals surface area contributed by atoms with Gasteiger partial charge in [-0.2, -0.15) is 0 Å². The monoisotopic (exact) mass is 856 g/mol. The Morgan fingerprint density at radius 1 is 0.980 bits per heavy atom. The molecule has 4 aromatic rings. The first-order valence-electron chi connectivity index (χ1n) is 17.4. The summed E-state index contributed by atoms with van der Waals surface area (Å²) in [5.74, 6) is 1.10. The van der Waals surface area contributed by atoms with Crippen LogP contribution in [0.1, 0.15) is 127 Å². The van der Waals surface area contributed by atoms with E-state index < -0.39 is 0 Å². The summed E-state index contributed by atoms with van der Waals surface area (Å²) in [5.41, 5.74) is 6.29. The fourth-order valence-corrected chi connectivity index (χ4v) is 7.58. The van der Waals surface area contributed by atoms with Crippen molar-refractivity contribution >= 4 is 34.0 Å². The van der Waals surface area contributed by atoms with Gasteiger partial charge in [0.15, 0.2) is 5.78 Å². The predicted molar refractivity (Wildman–Crippen MR) is 200 cm³/mol. The maximum absolute atomic E-state index is 12.2. The summed E-state index contributed by atoms with van der Waals surface area (Å²) in [6.07, 6.45) is 10.8. The SMILES string of the molecule is CCC(C)(CC)C(=O)/C=C(\O)C(C)(CC)CC.Cc1csc2c1C1Oc3ncnc(-c4[c-]c5ccccc5c(C(C)(C)C)c4)c3C1C=C2.[Ir]. The first-order valence-corrected chi connectivity index (χ1v) is 18.3. The summed E-state index contributed by atoms with van der Waals surface area (Å²) in [7, 11) is 0. The summed E-state index contributed by atoms with van der Waals surface area (Å²) < 4.78 is 6.41. The van der Waals surface area contributed by atoms with E-state index in [0.717, 1.165) is 47.9 Å². The van der Waals surface area contributed by atoms with Crippen LogP contribution in [0.15, 0.2) is 60.0 Å². The summed E-state index contributed by atoms with van der Waals surface area (Å²) in [6, 6.07) is 14.4. The molecule has 2 atom stereocenters. The van der Waals surface area contributed by atoms with Gasteiger partial charge in [-0.3, -0.25) is 9.78 Å². The molecule has 1 radical (unpaired) electrons. The first-order chi connectivity index (χ1) is 22.7. The molecule has 0 amide bonds. The Labute approximate surface area is 310 Å². The van der Waals surface area contributed by atoms with Crippen LogP contribution in [0.3, 0.4) is 0 Å². The van der Waals surface area contributed by atoms with E-state index >= 15 is 0 Å². The van der Waals surface area contributed by atoms with E-state index in [0.29, 0.717) is 5.88 Å². The molecule has 1 N–H and O–H groups in total. The molecule has 2 unspecified atom stereocenters. The maximum atomic E-state index is 12.2. The molecule has 2 aromatic carbocycles. The maximum Gasteiger partial charge on any atom is 0.213 e. The molecule has 263 valence electrons. The Morgan fingerprint density at radius 3 is 2.27 bits per heavy atom. The number of hydrogen-bond donors (Lipinski definition) is 1. The minimum absolute atomic E-state index is 0. The van der Waals surface area contributed by atoms with Gasteiger partial charge in [-0.05, 0) is 55.0 Å². The zero-order valence-corrected chi connectivity index (χ0v) is 33.9. The molecule has 6 rings (SSSR count). The standard InChI is InChI=1S/C27H23N2OS.C15H28O2.Ir/c1-15-13-31-21-10-9-19-23-24(28-14-29-26(23)30-25(19)22(15)21)17-11-16-7-5-6-8-18(16)20(12-17)27(2,3)4;1-7-14(5,8-2)12(16)11-13(17)15(6,9-3)10-4;/h5-10,12-14,19,25H,1-4H3;11,16H,7-10H2,1-6H3;/q-1;;/b;12-11-;. The fourth-order valence-electron chi connectivity index (χ4n) is 6.59. The number of aliphatic hydroxyl groups excluding tert-OH is 1. The van der Waals surface area contributed by atoms with E-state index in [1.165, 1.54) is 33.0 Å². The van der Waals surface area contributed by atoms with Gasteiger partial charge in [0.25, 0.3) is 0 Å².